The zero-order valence-corrected chi connectivity index (χ0v) is 15.7. The Balaban J connectivity index is 1.83. The number of carbonyl (C=O) groups excluding carboxylic acids is 2. The number of benzene rings is 1. The average Bonchev–Trinajstić information content (AvgIpc) is 3.46. The second kappa shape index (κ2) is 7.52. The van der Waals surface area contributed by atoms with Gasteiger partial charge < -0.3 is 4.90 Å². The van der Waals surface area contributed by atoms with Crippen molar-refractivity contribution in [2.24, 2.45) is 5.18 Å². The van der Waals surface area contributed by atoms with Gasteiger partial charge in [-0.15, -0.1) is 4.91 Å². The van der Waals surface area contributed by atoms with Gasteiger partial charge in [-0.05, 0) is 67.8 Å². The van der Waals surface area contributed by atoms with Crippen LogP contribution in [0.5, 0.6) is 0 Å². The van der Waals surface area contributed by atoms with Crippen LogP contribution in [0.25, 0.3) is 0 Å². The van der Waals surface area contributed by atoms with Crippen LogP contribution in [-0.4, -0.2) is 28.7 Å². The first-order valence-electron chi connectivity index (χ1n) is 9.41. The SMILES string of the molecule is CC(=O)C1=C(N=O)CCC(N(C(=O)c2ccc(C(C)C)cc2)C2CC2)C1. The molecule has 1 aromatic rings. The highest BCUT2D eigenvalue weighted by Gasteiger charge is 2.40. The third-order valence-electron chi connectivity index (χ3n) is 5.43. The quantitative estimate of drug-likeness (QED) is 0.702. The molecule has 0 spiro atoms. The Hall–Kier alpha value is -2.30. The summed E-state index contributed by atoms with van der Waals surface area (Å²) < 4.78 is 0. The van der Waals surface area contributed by atoms with Crippen molar-refractivity contribution in [1.29, 1.82) is 0 Å². The fourth-order valence-corrected chi connectivity index (χ4v) is 3.74. The summed E-state index contributed by atoms with van der Waals surface area (Å²) >= 11 is 0. The first-order chi connectivity index (χ1) is 12.4. The van der Waals surface area contributed by atoms with Crippen molar-refractivity contribution in [2.75, 3.05) is 0 Å². The van der Waals surface area contributed by atoms with Crippen molar-refractivity contribution in [1.82, 2.24) is 4.90 Å². The molecule has 0 saturated heterocycles. The number of hydrogen-bond acceptors (Lipinski definition) is 4. The van der Waals surface area contributed by atoms with E-state index < -0.39 is 0 Å². The third kappa shape index (κ3) is 3.76. The zero-order valence-electron chi connectivity index (χ0n) is 15.7. The van der Waals surface area contributed by atoms with E-state index in [9.17, 15) is 14.5 Å². The van der Waals surface area contributed by atoms with Crippen LogP contribution in [0.3, 0.4) is 0 Å². The molecule has 3 rings (SSSR count). The van der Waals surface area contributed by atoms with Gasteiger partial charge in [-0.25, -0.2) is 0 Å². The average molecular weight is 354 g/mol. The van der Waals surface area contributed by atoms with Crippen molar-refractivity contribution in [3.63, 3.8) is 0 Å². The Morgan fingerprint density at radius 3 is 2.23 bits per heavy atom. The van der Waals surface area contributed by atoms with E-state index in [1.54, 1.807) is 0 Å². The number of rotatable bonds is 6. The van der Waals surface area contributed by atoms with Gasteiger partial charge in [-0.3, -0.25) is 9.59 Å². The first kappa shape index (κ1) is 18.5. The summed E-state index contributed by atoms with van der Waals surface area (Å²) in [5, 5.41) is 3.04. The van der Waals surface area contributed by atoms with Crippen LogP contribution in [-0.2, 0) is 4.79 Å². The highest BCUT2D eigenvalue weighted by atomic mass is 16.3. The number of hydrogen-bond donors (Lipinski definition) is 0. The molecule has 0 bridgehead atoms. The standard InChI is InChI=1S/C21H26N2O3/c1-13(2)15-4-6-16(7-5-15)21(25)23(17-8-9-17)18-10-11-20(22-26)19(12-18)14(3)24/h4-7,13,17-18H,8-12H2,1-3H3. The van der Waals surface area contributed by atoms with Crippen molar-refractivity contribution in [2.45, 2.75) is 70.9 Å². The molecule has 1 aromatic carbocycles. The molecule has 26 heavy (non-hydrogen) atoms. The summed E-state index contributed by atoms with van der Waals surface area (Å²) in [5.74, 6) is 0.335. The molecule has 0 radical (unpaired) electrons. The van der Waals surface area contributed by atoms with E-state index in [1.807, 2.05) is 29.2 Å². The van der Waals surface area contributed by atoms with Crippen LogP contribution >= 0.6 is 0 Å². The fourth-order valence-electron chi connectivity index (χ4n) is 3.74. The summed E-state index contributed by atoms with van der Waals surface area (Å²) in [6.45, 7) is 5.73. The Kier molecular flexibility index (Phi) is 5.35. The molecule has 0 aliphatic heterocycles. The summed E-state index contributed by atoms with van der Waals surface area (Å²) in [4.78, 5) is 38.0. The van der Waals surface area contributed by atoms with Gasteiger partial charge in [0, 0.05) is 23.2 Å². The van der Waals surface area contributed by atoms with Crippen LogP contribution in [0.15, 0.2) is 40.7 Å². The minimum atomic E-state index is -0.117. The number of nitroso groups, excluding NO2 is 1. The van der Waals surface area contributed by atoms with E-state index in [1.165, 1.54) is 12.5 Å². The Labute approximate surface area is 154 Å². The van der Waals surface area contributed by atoms with E-state index in [0.29, 0.717) is 42.0 Å². The van der Waals surface area contributed by atoms with E-state index in [2.05, 4.69) is 19.0 Å². The lowest BCUT2D eigenvalue weighted by atomic mass is 9.88. The van der Waals surface area contributed by atoms with Crippen LogP contribution in [0.1, 0.15) is 74.7 Å². The van der Waals surface area contributed by atoms with Crippen LogP contribution < -0.4 is 0 Å². The predicted octanol–water partition coefficient (Wildman–Crippen LogP) is 4.58. The molecule has 0 aromatic heterocycles. The van der Waals surface area contributed by atoms with Crippen molar-refractivity contribution in [3.8, 4) is 0 Å². The molecule has 2 aliphatic rings. The predicted molar refractivity (Wildman–Crippen MR) is 101 cm³/mol. The molecule has 1 atom stereocenters. The second-order valence-electron chi connectivity index (χ2n) is 7.69. The van der Waals surface area contributed by atoms with Crippen LogP contribution in [0, 0.1) is 4.91 Å². The Morgan fingerprint density at radius 1 is 1.08 bits per heavy atom. The number of carbonyl (C=O) groups is 2. The third-order valence-corrected chi connectivity index (χ3v) is 5.43. The molecule has 1 amide bonds. The molecule has 138 valence electrons. The molecule has 0 N–H and O–H groups in total. The first-order valence-corrected chi connectivity index (χ1v) is 9.41. The fraction of sp³-hybridized carbons (Fsp3) is 0.524. The van der Waals surface area contributed by atoms with E-state index in [-0.39, 0.29) is 23.8 Å². The Morgan fingerprint density at radius 2 is 1.73 bits per heavy atom. The van der Waals surface area contributed by atoms with Gasteiger partial charge >= 0.3 is 0 Å². The van der Waals surface area contributed by atoms with Gasteiger partial charge in [0.15, 0.2) is 5.78 Å². The summed E-state index contributed by atoms with van der Waals surface area (Å²) in [6, 6.07) is 8.03. The zero-order chi connectivity index (χ0) is 18.8. The van der Waals surface area contributed by atoms with Crippen molar-refractivity contribution in [3.05, 3.63) is 51.6 Å². The van der Waals surface area contributed by atoms with Gasteiger partial charge in [0.1, 0.15) is 0 Å². The molecule has 5 nitrogen and oxygen atoms in total. The highest BCUT2D eigenvalue weighted by Crippen LogP contribution is 2.37. The van der Waals surface area contributed by atoms with Gasteiger partial charge in [0.05, 0.1) is 5.70 Å². The van der Waals surface area contributed by atoms with E-state index in [4.69, 9.17) is 0 Å². The summed E-state index contributed by atoms with van der Waals surface area (Å²) in [7, 11) is 0. The molecule has 1 unspecified atom stereocenters. The van der Waals surface area contributed by atoms with Crippen molar-refractivity contribution >= 4 is 11.7 Å². The monoisotopic (exact) mass is 354 g/mol. The lowest BCUT2D eigenvalue weighted by Crippen LogP contribution is -2.43. The normalized spacial score (nSPS) is 20.2. The molecule has 1 fully saturated rings. The van der Waals surface area contributed by atoms with E-state index in [0.717, 1.165) is 12.8 Å². The summed E-state index contributed by atoms with van der Waals surface area (Å²) in [6.07, 6.45) is 3.59. The smallest absolute Gasteiger partial charge is 0.254 e. The number of allylic oxidation sites excluding steroid dienone is 1. The minimum Gasteiger partial charge on any atom is -0.332 e. The molecule has 1 saturated carbocycles. The largest absolute Gasteiger partial charge is 0.332 e. The molecular formula is C21H26N2O3. The number of ketones is 1. The van der Waals surface area contributed by atoms with Crippen LogP contribution in [0.2, 0.25) is 0 Å². The maximum absolute atomic E-state index is 13.2. The minimum absolute atomic E-state index is 0.0261. The van der Waals surface area contributed by atoms with Gasteiger partial charge in [-0.1, -0.05) is 26.0 Å². The summed E-state index contributed by atoms with van der Waals surface area (Å²) in [5.41, 5.74) is 2.75. The molecule has 5 heteroatoms. The number of amides is 1. The van der Waals surface area contributed by atoms with Gasteiger partial charge in [0.25, 0.3) is 5.91 Å². The lowest BCUT2D eigenvalue weighted by molar-refractivity contribution is -0.114. The number of Topliss-reactive ketones (excluding diaryl/α,β-unsaturated/α-hetero) is 1. The second-order valence-corrected chi connectivity index (χ2v) is 7.69. The van der Waals surface area contributed by atoms with E-state index >= 15 is 0 Å². The van der Waals surface area contributed by atoms with Gasteiger partial charge in [0.2, 0.25) is 0 Å². The van der Waals surface area contributed by atoms with Crippen LogP contribution in [0.4, 0.5) is 0 Å². The molecule has 2 aliphatic carbocycles. The maximum Gasteiger partial charge on any atom is 0.254 e. The number of nitrogens with zero attached hydrogens (tertiary/aromatic N) is 2. The molecule has 0 heterocycles. The topological polar surface area (TPSA) is 66.8 Å². The molecular weight excluding hydrogens is 328 g/mol. The van der Waals surface area contributed by atoms with Gasteiger partial charge in [-0.2, -0.15) is 0 Å². The Bertz CT molecular complexity index is 745. The maximum atomic E-state index is 13.2. The highest BCUT2D eigenvalue weighted by molar-refractivity contribution is 5.96. The lowest BCUT2D eigenvalue weighted by Gasteiger charge is -2.35. The van der Waals surface area contributed by atoms with Crippen molar-refractivity contribution < 1.29 is 9.59 Å².